The zero-order chi connectivity index (χ0) is 21.0. The molecule has 152 valence electrons. The molecule has 1 unspecified atom stereocenters. The Bertz CT molecular complexity index is 906. The average molecular weight is 411 g/mol. The first kappa shape index (κ1) is 21.1. The molecule has 0 bridgehead atoms. The molecular weight excluding hydrogens is 384 g/mol. The fraction of sp³-hybridized carbons (Fsp3) is 0.348. The Morgan fingerprint density at radius 1 is 1.03 bits per heavy atom. The molecule has 5 nitrogen and oxygen atoms in total. The van der Waals surface area contributed by atoms with Gasteiger partial charge in [0, 0.05) is 29.0 Å². The van der Waals surface area contributed by atoms with Gasteiger partial charge in [-0.1, -0.05) is 63.2 Å². The van der Waals surface area contributed by atoms with Crippen molar-refractivity contribution in [2.24, 2.45) is 5.41 Å². The number of hydrogen-bond acceptors (Lipinski definition) is 4. The summed E-state index contributed by atoms with van der Waals surface area (Å²) in [6.07, 6.45) is 0.401. The fourth-order valence-electron chi connectivity index (χ4n) is 3.18. The number of rotatable bonds is 5. The van der Waals surface area contributed by atoms with Crippen molar-refractivity contribution in [1.29, 1.82) is 0 Å². The molecule has 0 aliphatic carbocycles. The number of benzene rings is 2. The van der Waals surface area contributed by atoms with Gasteiger partial charge in [0.05, 0.1) is 5.88 Å². The van der Waals surface area contributed by atoms with Crippen LogP contribution in [-0.2, 0) is 9.59 Å². The largest absolute Gasteiger partial charge is 0.324 e. The van der Waals surface area contributed by atoms with Crippen molar-refractivity contribution in [1.82, 2.24) is 4.90 Å². The van der Waals surface area contributed by atoms with Crippen molar-refractivity contribution in [2.45, 2.75) is 33.2 Å². The maximum Gasteiger partial charge on any atom is 0.248 e. The van der Waals surface area contributed by atoms with E-state index in [-0.39, 0.29) is 23.0 Å². The molecule has 2 aromatic carbocycles. The Kier molecular flexibility index (Phi) is 6.42. The van der Waals surface area contributed by atoms with Crippen LogP contribution in [0.1, 0.15) is 43.1 Å². The van der Waals surface area contributed by atoms with Crippen LogP contribution in [0.5, 0.6) is 0 Å². The second kappa shape index (κ2) is 8.82. The molecule has 6 heteroatoms. The molecule has 1 fully saturated rings. The molecule has 2 amide bonds. The summed E-state index contributed by atoms with van der Waals surface area (Å²) in [4.78, 5) is 39.8. The zero-order valence-corrected chi connectivity index (χ0v) is 17.8. The van der Waals surface area contributed by atoms with Gasteiger partial charge in [-0.05, 0) is 17.5 Å². The van der Waals surface area contributed by atoms with Gasteiger partial charge >= 0.3 is 0 Å². The smallest absolute Gasteiger partial charge is 0.248 e. The Balaban J connectivity index is 1.70. The fourth-order valence-corrected chi connectivity index (χ4v) is 4.36. The number of thioether (sulfide) groups is 1. The van der Waals surface area contributed by atoms with E-state index in [0.717, 1.165) is 0 Å². The van der Waals surface area contributed by atoms with Crippen molar-refractivity contribution < 1.29 is 14.4 Å². The highest BCUT2D eigenvalue weighted by atomic mass is 32.2. The van der Waals surface area contributed by atoms with E-state index >= 15 is 0 Å². The van der Waals surface area contributed by atoms with Gasteiger partial charge in [0.15, 0.2) is 5.78 Å². The minimum Gasteiger partial charge on any atom is -0.324 e. The molecule has 0 radical (unpaired) electrons. The topological polar surface area (TPSA) is 66.5 Å². The molecule has 1 aliphatic rings. The predicted octanol–water partition coefficient (Wildman–Crippen LogP) is 4.19. The summed E-state index contributed by atoms with van der Waals surface area (Å²) in [5.41, 5.74) is 1.53. The minimum atomic E-state index is -0.497. The summed E-state index contributed by atoms with van der Waals surface area (Å²) in [6, 6.07) is 15.4. The third-order valence-electron chi connectivity index (χ3n) is 4.62. The molecule has 0 saturated carbocycles. The molecule has 1 saturated heterocycles. The Labute approximate surface area is 175 Å². The summed E-state index contributed by atoms with van der Waals surface area (Å²) in [5.74, 6) is 0.779. The Hall–Kier alpha value is -2.60. The number of anilines is 1. The normalized spacial score (nSPS) is 16.5. The average Bonchev–Trinajstić information content (AvgIpc) is 3.17. The van der Waals surface area contributed by atoms with Crippen LogP contribution in [0, 0.1) is 5.41 Å². The quantitative estimate of drug-likeness (QED) is 0.751. The highest BCUT2D eigenvalue weighted by Crippen LogP contribution is 2.27. The molecule has 3 rings (SSSR count). The molecule has 1 N–H and O–H groups in total. The van der Waals surface area contributed by atoms with Crippen LogP contribution in [0.4, 0.5) is 5.69 Å². The van der Waals surface area contributed by atoms with Crippen LogP contribution in [0.3, 0.4) is 0 Å². The van der Waals surface area contributed by atoms with Gasteiger partial charge < -0.3 is 10.2 Å². The molecule has 1 atom stereocenters. The van der Waals surface area contributed by atoms with Gasteiger partial charge in [-0.2, -0.15) is 0 Å². The van der Waals surface area contributed by atoms with Crippen LogP contribution in [-0.4, -0.2) is 40.2 Å². The van der Waals surface area contributed by atoms with Crippen molar-refractivity contribution in [3.63, 3.8) is 0 Å². The lowest BCUT2D eigenvalue weighted by Crippen LogP contribution is -2.45. The van der Waals surface area contributed by atoms with E-state index in [1.807, 2.05) is 39.0 Å². The first-order chi connectivity index (χ1) is 13.7. The van der Waals surface area contributed by atoms with Crippen molar-refractivity contribution in [3.05, 3.63) is 65.7 Å². The highest BCUT2D eigenvalue weighted by Gasteiger charge is 2.35. The molecule has 0 aromatic heterocycles. The van der Waals surface area contributed by atoms with E-state index in [2.05, 4.69) is 5.32 Å². The number of carbonyl (C=O) groups excluding carboxylic acids is 3. The van der Waals surface area contributed by atoms with E-state index in [1.54, 1.807) is 53.1 Å². The van der Waals surface area contributed by atoms with E-state index in [4.69, 9.17) is 0 Å². The third kappa shape index (κ3) is 5.48. The minimum absolute atomic E-state index is 0.00402. The number of ketones is 1. The lowest BCUT2D eigenvalue weighted by atomic mass is 9.91. The van der Waals surface area contributed by atoms with Gasteiger partial charge in [0.25, 0.3) is 0 Å². The van der Waals surface area contributed by atoms with Crippen molar-refractivity contribution in [2.75, 3.05) is 16.9 Å². The van der Waals surface area contributed by atoms with E-state index in [0.29, 0.717) is 34.9 Å². The second-order valence-corrected chi connectivity index (χ2v) is 9.38. The number of carbonyl (C=O) groups is 3. The third-order valence-corrected chi connectivity index (χ3v) is 5.63. The standard InChI is InChI=1S/C23H26N2O3S/c1-23(2,3)13-20(26)25-15-29-14-19(25)22(28)24-18-11-7-10-17(12-18)21(27)16-8-5-4-6-9-16/h4-12,19H,13-15H2,1-3H3,(H,24,28). The Morgan fingerprint density at radius 2 is 1.72 bits per heavy atom. The lowest BCUT2D eigenvalue weighted by molar-refractivity contribution is -0.137. The summed E-state index contributed by atoms with van der Waals surface area (Å²) in [7, 11) is 0. The van der Waals surface area contributed by atoms with E-state index < -0.39 is 6.04 Å². The molecule has 1 heterocycles. The van der Waals surface area contributed by atoms with Gasteiger partial charge in [0.1, 0.15) is 6.04 Å². The molecule has 0 spiro atoms. The van der Waals surface area contributed by atoms with Crippen LogP contribution in [0.15, 0.2) is 54.6 Å². The van der Waals surface area contributed by atoms with Crippen LogP contribution >= 0.6 is 11.8 Å². The van der Waals surface area contributed by atoms with Crippen LogP contribution < -0.4 is 5.32 Å². The van der Waals surface area contributed by atoms with Crippen molar-refractivity contribution in [3.8, 4) is 0 Å². The monoisotopic (exact) mass is 410 g/mol. The number of hydrogen-bond donors (Lipinski definition) is 1. The van der Waals surface area contributed by atoms with Gasteiger partial charge in [0.2, 0.25) is 11.8 Å². The maximum absolute atomic E-state index is 12.8. The number of nitrogens with one attached hydrogen (secondary N) is 1. The van der Waals surface area contributed by atoms with Crippen LogP contribution in [0.2, 0.25) is 0 Å². The molecule has 1 aliphatic heterocycles. The van der Waals surface area contributed by atoms with Crippen molar-refractivity contribution >= 4 is 35.0 Å². The SMILES string of the molecule is CC(C)(C)CC(=O)N1CSCC1C(=O)Nc1cccc(C(=O)c2ccccc2)c1. The summed E-state index contributed by atoms with van der Waals surface area (Å²) >= 11 is 1.58. The first-order valence-electron chi connectivity index (χ1n) is 9.62. The number of amides is 2. The first-order valence-corrected chi connectivity index (χ1v) is 10.8. The molecule has 29 heavy (non-hydrogen) atoms. The van der Waals surface area contributed by atoms with E-state index in [1.165, 1.54) is 0 Å². The van der Waals surface area contributed by atoms with Gasteiger partial charge in [-0.15, -0.1) is 11.8 Å². The maximum atomic E-state index is 12.8. The predicted molar refractivity (Wildman–Crippen MR) is 117 cm³/mol. The number of nitrogens with zero attached hydrogens (tertiary/aromatic N) is 1. The van der Waals surface area contributed by atoms with Crippen LogP contribution in [0.25, 0.3) is 0 Å². The lowest BCUT2D eigenvalue weighted by Gasteiger charge is -2.26. The highest BCUT2D eigenvalue weighted by molar-refractivity contribution is 7.99. The zero-order valence-electron chi connectivity index (χ0n) is 17.0. The molecule has 2 aromatic rings. The Morgan fingerprint density at radius 3 is 2.41 bits per heavy atom. The van der Waals surface area contributed by atoms with Gasteiger partial charge in [-0.3, -0.25) is 14.4 Å². The summed E-state index contributed by atoms with van der Waals surface area (Å²) in [6.45, 7) is 6.04. The van der Waals surface area contributed by atoms with E-state index in [9.17, 15) is 14.4 Å². The van der Waals surface area contributed by atoms with Gasteiger partial charge in [-0.25, -0.2) is 0 Å². The summed E-state index contributed by atoms with van der Waals surface area (Å²) < 4.78 is 0. The molecular formula is C23H26N2O3S. The summed E-state index contributed by atoms with van der Waals surface area (Å²) in [5, 5.41) is 2.88. The second-order valence-electron chi connectivity index (χ2n) is 8.38.